The Labute approximate surface area is 247 Å². The number of halogens is 3. The minimum absolute atomic E-state index is 0.0362. The second kappa shape index (κ2) is 13.5. The number of benzene rings is 2. The molecule has 1 heterocycles. The summed E-state index contributed by atoms with van der Waals surface area (Å²) in [5.74, 6) is 0.180. The van der Waals surface area contributed by atoms with Gasteiger partial charge < -0.3 is 15.4 Å². The number of thiocarbonyl (C=S) groups is 1. The van der Waals surface area contributed by atoms with Gasteiger partial charge in [0, 0.05) is 23.2 Å². The Morgan fingerprint density at radius 1 is 1.19 bits per heavy atom. The predicted octanol–water partition coefficient (Wildman–Crippen LogP) is 6.72. The number of hydrogen-bond donors (Lipinski definition) is 3. The van der Waals surface area contributed by atoms with E-state index in [4.69, 9.17) is 12.2 Å². The van der Waals surface area contributed by atoms with Gasteiger partial charge >= 0.3 is 12.4 Å². The normalized spacial score (nSPS) is 16.6. The Morgan fingerprint density at radius 2 is 1.93 bits per heavy atom. The summed E-state index contributed by atoms with van der Waals surface area (Å²) in [6, 6.07) is 12.7. The Balaban J connectivity index is 1.27. The van der Waals surface area contributed by atoms with Crippen LogP contribution in [0.15, 0.2) is 85.2 Å². The Hall–Kier alpha value is -4.45. The molecule has 0 aliphatic heterocycles. The summed E-state index contributed by atoms with van der Waals surface area (Å²) in [5, 5.41) is 13.3. The number of aromatic nitrogens is 3. The van der Waals surface area contributed by atoms with E-state index in [0.29, 0.717) is 17.1 Å². The topological polar surface area (TPSA) is 93.1 Å². The molecule has 2 atom stereocenters. The predicted molar refractivity (Wildman–Crippen MR) is 160 cm³/mol. The highest BCUT2D eigenvalue weighted by Crippen LogP contribution is 2.38. The molecular weight excluding hydrogens is 565 g/mol. The average Bonchev–Trinajstić information content (AvgIpc) is 3.49. The largest absolute Gasteiger partial charge is 0.573 e. The second-order valence-electron chi connectivity index (χ2n) is 9.61. The third-order valence-electron chi connectivity index (χ3n) is 6.47. The van der Waals surface area contributed by atoms with E-state index in [1.165, 1.54) is 35.3 Å². The molecule has 1 aromatic heterocycles. The fourth-order valence-electron chi connectivity index (χ4n) is 4.35. The van der Waals surface area contributed by atoms with Crippen LogP contribution in [0.2, 0.25) is 0 Å². The van der Waals surface area contributed by atoms with Gasteiger partial charge in [0.05, 0.1) is 5.69 Å². The number of rotatable bonds is 10. The Kier molecular flexibility index (Phi) is 9.79. The van der Waals surface area contributed by atoms with Crippen LogP contribution in [0.4, 0.5) is 23.7 Å². The van der Waals surface area contributed by atoms with Crippen LogP contribution < -0.4 is 20.7 Å². The van der Waals surface area contributed by atoms with Crippen LogP contribution in [0.5, 0.6) is 5.75 Å². The maximum Gasteiger partial charge on any atom is 0.573 e. The highest BCUT2D eigenvalue weighted by molar-refractivity contribution is 7.80. The number of hydrogen-bond acceptors (Lipinski definition) is 5. The molecule has 0 spiro atoms. The van der Waals surface area contributed by atoms with Gasteiger partial charge in [-0.25, -0.2) is 14.5 Å². The third-order valence-corrected chi connectivity index (χ3v) is 6.68. The summed E-state index contributed by atoms with van der Waals surface area (Å²) in [6.07, 6.45) is 5.05. The molecule has 1 unspecified atom stereocenters. The van der Waals surface area contributed by atoms with E-state index in [1.54, 1.807) is 6.08 Å². The van der Waals surface area contributed by atoms with Crippen LogP contribution in [0.1, 0.15) is 38.1 Å². The monoisotopic (exact) mass is 596 g/mol. The number of para-hydroxylation sites is 1. The van der Waals surface area contributed by atoms with Gasteiger partial charge in [-0.15, -0.1) is 18.3 Å². The number of carbonyl (C=O) groups is 1. The van der Waals surface area contributed by atoms with Gasteiger partial charge in [0.15, 0.2) is 10.9 Å². The average molecular weight is 597 g/mol. The quantitative estimate of drug-likeness (QED) is 0.178. The lowest BCUT2D eigenvalue weighted by atomic mass is 10.1. The van der Waals surface area contributed by atoms with Crippen LogP contribution in [0.3, 0.4) is 0 Å². The number of nitrogens with zero attached hydrogens (tertiary/aromatic N) is 3. The highest BCUT2D eigenvalue weighted by atomic mass is 32.1. The standard InChI is InChI=1S/C30H31F3N6O2S/c1-4-8-21-9-6-7-10-25(21)36-29(42)37-28(40)35-26-17-24(26)20(5-2)12-11-19(3)27-34-18-39(38-27)22-13-15-23(16-14-22)41-30(31,32)33/h5-7,9-16,18,24,26H,3-4,8,17H2,1-2H3,(H3,35,36,37,40,42)/b12-11-,20-5+/t24-,26?/m0/s1. The molecule has 0 bridgehead atoms. The molecule has 4 rings (SSSR count). The third kappa shape index (κ3) is 8.53. The SMILES string of the molecule is C=C(/C=C\C(=C/C)[C@@H]1CC1NC(=O)NC(=S)Nc1ccccc1CCC)c1ncn(-c2ccc(OC(F)(F)F)cc2)n1. The van der Waals surface area contributed by atoms with Crippen molar-refractivity contribution >= 4 is 34.6 Å². The lowest BCUT2D eigenvalue weighted by molar-refractivity contribution is -0.274. The summed E-state index contributed by atoms with van der Waals surface area (Å²) >= 11 is 5.33. The van der Waals surface area contributed by atoms with Gasteiger partial charge in [-0.3, -0.25) is 5.32 Å². The highest BCUT2D eigenvalue weighted by Gasteiger charge is 2.40. The smallest absolute Gasteiger partial charge is 0.406 e. The molecule has 1 aliphatic carbocycles. The first-order chi connectivity index (χ1) is 20.1. The molecule has 8 nitrogen and oxygen atoms in total. The molecule has 2 amide bonds. The van der Waals surface area contributed by atoms with Crippen molar-refractivity contribution in [3.05, 3.63) is 96.6 Å². The van der Waals surface area contributed by atoms with Crippen molar-refractivity contribution in [2.45, 2.75) is 45.5 Å². The molecule has 1 fully saturated rings. The van der Waals surface area contributed by atoms with Gasteiger partial charge in [-0.1, -0.05) is 56.4 Å². The molecule has 1 saturated carbocycles. The number of alkyl halides is 3. The van der Waals surface area contributed by atoms with E-state index >= 15 is 0 Å². The number of nitrogens with one attached hydrogen (secondary N) is 3. The molecule has 2 aromatic carbocycles. The van der Waals surface area contributed by atoms with Crippen LogP contribution in [-0.4, -0.2) is 38.3 Å². The van der Waals surface area contributed by atoms with Crippen molar-refractivity contribution in [3.63, 3.8) is 0 Å². The fourth-order valence-corrected chi connectivity index (χ4v) is 4.56. The molecule has 12 heteroatoms. The maximum absolute atomic E-state index is 12.5. The first-order valence-corrected chi connectivity index (χ1v) is 13.7. The van der Waals surface area contributed by atoms with E-state index in [0.717, 1.165) is 36.1 Å². The molecule has 0 saturated heterocycles. The van der Waals surface area contributed by atoms with E-state index in [2.05, 4.69) is 44.3 Å². The van der Waals surface area contributed by atoms with Crippen molar-refractivity contribution < 1.29 is 22.7 Å². The fraction of sp³-hybridized carbons (Fsp3) is 0.267. The molecule has 1 aliphatic rings. The zero-order valence-electron chi connectivity index (χ0n) is 23.1. The maximum atomic E-state index is 12.5. The van der Waals surface area contributed by atoms with Gasteiger partial charge in [0.25, 0.3) is 0 Å². The number of aryl methyl sites for hydroxylation is 1. The minimum atomic E-state index is -4.76. The Morgan fingerprint density at radius 3 is 2.62 bits per heavy atom. The summed E-state index contributed by atoms with van der Waals surface area (Å²) in [5.41, 5.74) is 4.10. The van der Waals surface area contributed by atoms with Crippen LogP contribution >= 0.6 is 12.2 Å². The summed E-state index contributed by atoms with van der Waals surface area (Å²) in [6.45, 7) is 8.05. The molecule has 3 aromatic rings. The molecule has 220 valence electrons. The van der Waals surface area contributed by atoms with Crippen LogP contribution in [-0.2, 0) is 6.42 Å². The number of ether oxygens (including phenoxy) is 1. The second-order valence-corrected chi connectivity index (χ2v) is 10.0. The number of urea groups is 1. The summed E-state index contributed by atoms with van der Waals surface area (Å²) < 4.78 is 42.5. The van der Waals surface area contributed by atoms with Gasteiger partial charge in [0.2, 0.25) is 0 Å². The van der Waals surface area contributed by atoms with E-state index in [9.17, 15) is 18.0 Å². The summed E-state index contributed by atoms with van der Waals surface area (Å²) in [4.78, 5) is 16.8. The zero-order valence-corrected chi connectivity index (χ0v) is 23.9. The number of amides is 2. The van der Waals surface area contributed by atoms with Crippen LogP contribution in [0, 0.1) is 5.92 Å². The lowest BCUT2D eigenvalue weighted by Crippen LogP contribution is -2.43. The van der Waals surface area contributed by atoms with Crippen molar-refractivity contribution in [1.82, 2.24) is 25.4 Å². The van der Waals surface area contributed by atoms with Gasteiger partial charge in [0.1, 0.15) is 12.1 Å². The summed E-state index contributed by atoms with van der Waals surface area (Å²) in [7, 11) is 0. The first kappa shape index (κ1) is 30.5. The molecule has 0 radical (unpaired) electrons. The molecular formula is C30H31F3N6O2S. The number of allylic oxidation sites excluding steroid dienone is 4. The number of carbonyl (C=O) groups excluding carboxylic acids is 1. The van der Waals surface area contributed by atoms with E-state index in [-0.39, 0.29) is 28.9 Å². The van der Waals surface area contributed by atoms with E-state index in [1.807, 2.05) is 43.3 Å². The minimum Gasteiger partial charge on any atom is -0.406 e. The Bertz CT molecular complexity index is 1500. The van der Waals surface area contributed by atoms with Crippen molar-refractivity contribution in [2.24, 2.45) is 5.92 Å². The van der Waals surface area contributed by atoms with Gasteiger partial charge in [-0.05, 0) is 73.5 Å². The number of anilines is 1. The van der Waals surface area contributed by atoms with Gasteiger partial charge in [-0.2, -0.15) is 0 Å². The zero-order chi connectivity index (χ0) is 30.3. The van der Waals surface area contributed by atoms with E-state index < -0.39 is 6.36 Å². The first-order valence-electron chi connectivity index (χ1n) is 13.3. The van der Waals surface area contributed by atoms with Crippen molar-refractivity contribution in [2.75, 3.05) is 5.32 Å². The molecule has 42 heavy (non-hydrogen) atoms. The lowest BCUT2D eigenvalue weighted by Gasteiger charge is -2.13. The van der Waals surface area contributed by atoms with Crippen LogP contribution in [0.25, 0.3) is 11.3 Å². The molecule has 3 N–H and O–H groups in total. The van der Waals surface area contributed by atoms with Crippen molar-refractivity contribution in [3.8, 4) is 11.4 Å². The van der Waals surface area contributed by atoms with Crippen molar-refractivity contribution in [1.29, 1.82) is 0 Å².